The largest absolute Gasteiger partial charge is 0.315 e. The maximum atomic E-state index is 11.9. The Kier molecular flexibility index (Phi) is 2.67. The smallest absolute Gasteiger partial charge is 0.231 e. The van der Waals surface area contributed by atoms with Crippen molar-refractivity contribution in [1.29, 1.82) is 0 Å². The van der Waals surface area contributed by atoms with Crippen molar-refractivity contribution in [2.45, 2.75) is 18.8 Å². The lowest BCUT2D eigenvalue weighted by atomic mass is 9.88. The molecular formula is C14H16N2O2. The van der Waals surface area contributed by atoms with Crippen molar-refractivity contribution in [3.05, 3.63) is 29.3 Å². The zero-order valence-electron chi connectivity index (χ0n) is 10.4. The molecule has 3 rings (SSSR count). The molecule has 1 unspecified atom stereocenters. The van der Waals surface area contributed by atoms with Gasteiger partial charge in [-0.15, -0.1) is 0 Å². The number of Topliss-reactive ketones (excluding diaryl/α,β-unsaturated/α-hetero) is 1. The monoisotopic (exact) mass is 244 g/mol. The summed E-state index contributed by atoms with van der Waals surface area (Å²) in [6.07, 6.45) is 1.31. The minimum absolute atomic E-state index is 0.00226. The Balaban J connectivity index is 1.94. The van der Waals surface area contributed by atoms with Gasteiger partial charge < -0.3 is 10.2 Å². The number of nitrogens with zero attached hydrogens (tertiary/aromatic N) is 1. The summed E-state index contributed by atoms with van der Waals surface area (Å²) in [5.41, 5.74) is 3.08. The van der Waals surface area contributed by atoms with Gasteiger partial charge in [0.05, 0.1) is 13.0 Å². The van der Waals surface area contributed by atoms with Crippen LogP contribution in [0.2, 0.25) is 0 Å². The number of piperidine rings is 1. The number of anilines is 1. The van der Waals surface area contributed by atoms with Crippen LogP contribution in [0.15, 0.2) is 18.2 Å². The van der Waals surface area contributed by atoms with Crippen LogP contribution in [0, 0.1) is 0 Å². The van der Waals surface area contributed by atoms with Crippen molar-refractivity contribution < 1.29 is 9.59 Å². The minimum atomic E-state index is -0.00226. The molecule has 2 aliphatic heterocycles. The Morgan fingerprint density at radius 3 is 2.94 bits per heavy atom. The number of rotatable bonds is 1. The van der Waals surface area contributed by atoms with E-state index in [2.05, 4.69) is 5.32 Å². The molecule has 0 aliphatic carbocycles. The quantitative estimate of drug-likeness (QED) is 0.797. The fourth-order valence-corrected chi connectivity index (χ4v) is 2.80. The number of fused-ring (bicyclic) bond motifs is 1. The number of hydrogen-bond donors (Lipinski definition) is 1. The average Bonchev–Trinajstić information content (AvgIpc) is 2.65. The van der Waals surface area contributed by atoms with Crippen LogP contribution in [0.25, 0.3) is 0 Å². The Hall–Kier alpha value is -1.68. The molecule has 1 saturated heterocycles. The Labute approximate surface area is 106 Å². The van der Waals surface area contributed by atoms with E-state index in [0.29, 0.717) is 13.0 Å². The predicted molar refractivity (Wildman–Crippen MR) is 68.8 cm³/mol. The van der Waals surface area contributed by atoms with Crippen molar-refractivity contribution in [2.24, 2.45) is 0 Å². The van der Waals surface area contributed by atoms with Gasteiger partial charge in [0.15, 0.2) is 5.78 Å². The van der Waals surface area contributed by atoms with Gasteiger partial charge in [0.25, 0.3) is 0 Å². The summed E-state index contributed by atoms with van der Waals surface area (Å²) in [6, 6.07) is 5.98. The van der Waals surface area contributed by atoms with Crippen LogP contribution < -0.4 is 10.2 Å². The van der Waals surface area contributed by atoms with Crippen LogP contribution in [0.4, 0.5) is 5.69 Å². The third-order valence-electron chi connectivity index (χ3n) is 3.88. The second-order valence-corrected chi connectivity index (χ2v) is 5.00. The SMILES string of the molecule is CN1C(=O)Cc2cc(C3CCNCC3=O)ccc21. The molecule has 0 aromatic heterocycles. The van der Waals surface area contributed by atoms with Gasteiger partial charge in [-0.2, -0.15) is 0 Å². The number of amides is 1. The van der Waals surface area contributed by atoms with E-state index in [4.69, 9.17) is 0 Å². The lowest BCUT2D eigenvalue weighted by Crippen LogP contribution is -2.35. The second-order valence-electron chi connectivity index (χ2n) is 5.00. The molecule has 94 valence electrons. The molecule has 1 fully saturated rings. The van der Waals surface area contributed by atoms with Crippen LogP contribution in [-0.4, -0.2) is 31.8 Å². The highest BCUT2D eigenvalue weighted by Crippen LogP contribution is 2.32. The maximum Gasteiger partial charge on any atom is 0.231 e. The second kappa shape index (κ2) is 4.21. The molecule has 4 nitrogen and oxygen atoms in total. The van der Waals surface area contributed by atoms with Crippen LogP contribution in [0.3, 0.4) is 0 Å². The van der Waals surface area contributed by atoms with Gasteiger partial charge in [0.2, 0.25) is 5.91 Å². The number of carbonyl (C=O) groups excluding carboxylic acids is 2. The topological polar surface area (TPSA) is 49.4 Å². The van der Waals surface area contributed by atoms with E-state index in [9.17, 15) is 9.59 Å². The van der Waals surface area contributed by atoms with Gasteiger partial charge >= 0.3 is 0 Å². The van der Waals surface area contributed by atoms with E-state index in [-0.39, 0.29) is 17.6 Å². The highest BCUT2D eigenvalue weighted by atomic mass is 16.2. The molecule has 1 aromatic carbocycles. The van der Waals surface area contributed by atoms with Gasteiger partial charge in [-0.05, 0) is 30.2 Å². The fourth-order valence-electron chi connectivity index (χ4n) is 2.80. The first-order valence-corrected chi connectivity index (χ1v) is 6.29. The summed E-state index contributed by atoms with van der Waals surface area (Å²) >= 11 is 0. The molecule has 1 N–H and O–H groups in total. The van der Waals surface area contributed by atoms with E-state index in [1.807, 2.05) is 18.2 Å². The van der Waals surface area contributed by atoms with Crippen LogP contribution >= 0.6 is 0 Å². The van der Waals surface area contributed by atoms with E-state index in [1.165, 1.54) is 0 Å². The molecule has 2 heterocycles. The molecule has 2 aliphatic rings. The van der Waals surface area contributed by atoms with Gasteiger partial charge in [0.1, 0.15) is 0 Å². The Bertz CT molecular complexity index is 525. The number of benzene rings is 1. The zero-order valence-corrected chi connectivity index (χ0v) is 10.4. The molecule has 0 saturated carbocycles. The summed E-state index contributed by atoms with van der Waals surface area (Å²) in [6.45, 7) is 1.34. The summed E-state index contributed by atoms with van der Waals surface area (Å²) in [5.74, 6) is 0.371. The average molecular weight is 244 g/mol. The van der Waals surface area contributed by atoms with Gasteiger partial charge in [0, 0.05) is 18.7 Å². The first-order valence-electron chi connectivity index (χ1n) is 6.29. The molecule has 0 bridgehead atoms. The minimum Gasteiger partial charge on any atom is -0.315 e. The summed E-state index contributed by atoms with van der Waals surface area (Å²) in [7, 11) is 1.80. The summed E-state index contributed by atoms with van der Waals surface area (Å²) in [4.78, 5) is 25.2. The first kappa shape index (κ1) is 11.4. The number of ketones is 1. The molecule has 4 heteroatoms. The predicted octanol–water partition coefficient (Wildman–Crippen LogP) is 0.851. The fraction of sp³-hybridized carbons (Fsp3) is 0.429. The van der Waals surface area contributed by atoms with E-state index < -0.39 is 0 Å². The van der Waals surface area contributed by atoms with Crippen molar-refractivity contribution in [3.8, 4) is 0 Å². The van der Waals surface area contributed by atoms with E-state index >= 15 is 0 Å². The summed E-state index contributed by atoms with van der Waals surface area (Å²) in [5, 5.41) is 3.09. The number of carbonyl (C=O) groups is 2. The molecule has 1 atom stereocenters. The van der Waals surface area contributed by atoms with Gasteiger partial charge in [-0.3, -0.25) is 9.59 Å². The van der Waals surface area contributed by atoms with Crippen molar-refractivity contribution in [1.82, 2.24) is 5.32 Å². The first-order chi connectivity index (χ1) is 8.66. The number of hydrogen-bond acceptors (Lipinski definition) is 3. The summed E-state index contributed by atoms with van der Waals surface area (Å²) < 4.78 is 0. The molecule has 1 aromatic rings. The van der Waals surface area contributed by atoms with Crippen LogP contribution in [0.1, 0.15) is 23.5 Å². The molecule has 0 radical (unpaired) electrons. The van der Waals surface area contributed by atoms with Gasteiger partial charge in [-0.1, -0.05) is 12.1 Å². The van der Waals surface area contributed by atoms with Crippen LogP contribution in [-0.2, 0) is 16.0 Å². The van der Waals surface area contributed by atoms with E-state index in [0.717, 1.165) is 29.8 Å². The number of likely N-dealkylation sites (N-methyl/N-ethyl adjacent to an activating group) is 1. The zero-order chi connectivity index (χ0) is 12.7. The lowest BCUT2D eigenvalue weighted by Gasteiger charge is -2.22. The molecule has 0 spiro atoms. The van der Waals surface area contributed by atoms with Crippen molar-refractivity contribution in [3.63, 3.8) is 0 Å². The van der Waals surface area contributed by atoms with Crippen molar-refractivity contribution >= 4 is 17.4 Å². The highest BCUT2D eigenvalue weighted by molar-refractivity contribution is 6.01. The third kappa shape index (κ3) is 1.73. The Morgan fingerprint density at radius 1 is 1.33 bits per heavy atom. The normalized spacial score (nSPS) is 23.4. The maximum absolute atomic E-state index is 11.9. The van der Waals surface area contributed by atoms with Gasteiger partial charge in [-0.25, -0.2) is 0 Å². The highest BCUT2D eigenvalue weighted by Gasteiger charge is 2.28. The Morgan fingerprint density at radius 2 is 2.17 bits per heavy atom. The third-order valence-corrected chi connectivity index (χ3v) is 3.88. The standard InChI is InChI=1S/C14H16N2O2/c1-16-12-3-2-9(6-10(12)7-14(16)18)11-4-5-15-8-13(11)17/h2-3,6,11,15H,4-5,7-8H2,1H3. The number of nitrogens with one attached hydrogen (secondary N) is 1. The van der Waals surface area contributed by atoms with Crippen LogP contribution in [0.5, 0.6) is 0 Å². The van der Waals surface area contributed by atoms with Crippen molar-refractivity contribution in [2.75, 3.05) is 25.0 Å². The van der Waals surface area contributed by atoms with E-state index in [1.54, 1.807) is 11.9 Å². The molecular weight excluding hydrogens is 228 g/mol. The molecule has 18 heavy (non-hydrogen) atoms. The lowest BCUT2D eigenvalue weighted by molar-refractivity contribution is -0.120. The molecule has 1 amide bonds.